The van der Waals surface area contributed by atoms with E-state index in [1.807, 2.05) is 39.0 Å². The number of benzene rings is 1. The molecule has 0 amide bonds. The molecule has 0 bridgehead atoms. The van der Waals surface area contributed by atoms with Crippen molar-refractivity contribution in [1.29, 1.82) is 0 Å². The topological polar surface area (TPSA) is 47.9 Å². The lowest BCUT2D eigenvalue weighted by Gasteiger charge is -2.27. The van der Waals surface area contributed by atoms with Gasteiger partial charge in [-0.3, -0.25) is 0 Å². The predicted molar refractivity (Wildman–Crippen MR) is 72.7 cm³/mol. The Morgan fingerprint density at radius 1 is 1.26 bits per heavy atom. The van der Waals surface area contributed by atoms with Crippen LogP contribution in [-0.2, 0) is 10.3 Å². The zero-order valence-corrected chi connectivity index (χ0v) is 11.8. The number of aliphatic hydroxyl groups is 1. The van der Waals surface area contributed by atoms with Gasteiger partial charge < -0.3 is 19.3 Å². The fourth-order valence-electron chi connectivity index (χ4n) is 2.43. The van der Waals surface area contributed by atoms with Gasteiger partial charge in [0.1, 0.15) is 5.60 Å². The molecule has 1 fully saturated rings. The van der Waals surface area contributed by atoms with Crippen LogP contribution in [-0.4, -0.2) is 31.0 Å². The molecule has 0 radical (unpaired) electrons. The average Bonchev–Trinajstić information content (AvgIpc) is 2.73. The van der Waals surface area contributed by atoms with Crippen LogP contribution in [0, 0.1) is 0 Å². The Hall–Kier alpha value is -1.26. The molecular formula is C15H22O4. The first kappa shape index (κ1) is 14.2. The first-order valence-electron chi connectivity index (χ1n) is 6.86. The van der Waals surface area contributed by atoms with E-state index < -0.39 is 5.60 Å². The van der Waals surface area contributed by atoms with Crippen LogP contribution in [0.1, 0.15) is 32.8 Å². The molecule has 1 heterocycles. The van der Waals surface area contributed by atoms with Crippen molar-refractivity contribution < 1.29 is 19.3 Å². The van der Waals surface area contributed by atoms with Gasteiger partial charge in [-0.1, -0.05) is 6.07 Å². The molecule has 4 heteroatoms. The average molecular weight is 266 g/mol. The lowest BCUT2D eigenvalue weighted by atomic mass is 9.88. The Balaban J connectivity index is 2.34. The maximum atomic E-state index is 10.7. The molecule has 1 aromatic rings. The second-order valence-corrected chi connectivity index (χ2v) is 4.71. The zero-order chi connectivity index (χ0) is 13.9. The maximum absolute atomic E-state index is 10.7. The number of ether oxygens (including phenoxy) is 3. The van der Waals surface area contributed by atoms with Crippen molar-refractivity contribution in [3.05, 3.63) is 23.8 Å². The second kappa shape index (κ2) is 5.80. The molecule has 106 valence electrons. The summed E-state index contributed by atoms with van der Waals surface area (Å²) in [5.41, 5.74) is -0.110. The van der Waals surface area contributed by atoms with Crippen molar-refractivity contribution in [2.45, 2.75) is 38.9 Å². The molecule has 19 heavy (non-hydrogen) atoms. The SMILES string of the molecule is CCOc1ccc(C2(O)CCOC2C)cc1OCC. The van der Waals surface area contributed by atoms with Crippen molar-refractivity contribution >= 4 is 0 Å². The van der Waals surface area contributed by atoms with Gasteiger partial charge in [0.05, 0.1) is 25.9 Å². The lowest BCUT2D eigenvalue weighted by Crippen LogP contribution is -2.33. The summed E-state index contributed by atoms with van der Waals surface area (Å²) in [5, 5.41) is 10.7. The third-order valence-corrected chi connectivity index (χ3v) is 3.57. The minimum atomic E-state index is -0.934. The largest absolute Gasteiger partial charge is 0.490 e. The van der Waals surface area contributed by atoms with Gasteiger partial charge >= 0.3 is 0 Å². The van der Waals surface area contributed by atoms with Crippen LogP contribution < -0.4 is 9.47 Å². The highest BCUT2D eigenvalue weighted by molar-refractivity contribution is 5.45. The molecule has 2 atom stereocenters. The third-order valence-electron chi connectivity index (χ3n) is 3.57. The summed E-state index contributed by atoms with van der Waals surface area (Å²) < 4.78 is 16.6. The summed E-state index contributed by atoms with van der Waals surface area (Å²) in [5.74, 6) is 1.39. The van der Waals surface area contributed by atoms with E-state index in [9.17, 15) is 5.11 Å². The van der Waals surface area contributed by atoms with Crippen molar-refractivity contribution in [2.75, 3.05) is 19.8 Å². The Morgan fingerprint density at radius 2 is 1.95 bits per heavy atom. The molecular weight excluding hydrogens is 244 g/mol. The van der Waals surface area contributed by atoms with Crippen LogP contribution in [0.15, 0.2) is 18.2 Å². The fourth-order valence-corrected chi connectivity index (χ4v) is 2.43. The van der Waals surface area contributed by atoms with Gasteiger partial charge in [0.25, 0.3) is 0 Å². The van der Waals surface area contributed by atoms with Crippen LogP contribution in [0.5, 0.6) is 11.5 Å². The van der Waals surface area contributed by atoms with E-state index in [0.717, 1.165) is 5.56 Å². The van der Waals surface area contributed by atoms with Gasteiger partial charge in [0, 0.05) is 6.42 Å². The summed E-state index contributed by atoms with van der Waals surface area (Å²) in [4.78, 5) is 0. The highest BCUT2D eigenvalue weighted by Crippen LogP contribution is 2.39. The molecule has 2 rings (SSSR count). The standard InChI is InChI=1S/C15H22O4/c1-4-17-13-7-6-12(10-14(13)18-5-2)15(16)8-9-19-11(15)3/h6-7,10-11,16H,4-5,8-9H2,1-3H3. The maximum Gasteiger partial charge on any atom is 0.161 e. The first-order valence-corrected chi connectivity index (χ1v) is 6.86. The Labute approximate surface area is 114 Å². The van der Waals surface area contributed by atoms with Crippen LogP contribution in [0.25, 0.3) is 0 Å². The minimum Gasteiger partial charge on any atom is -0.490 e. The van der Waals surface area contributed by atoms with Gasteiger partial charge in [0.15, 0.2) is 11.5 Å². The van der Waals surface area contributed by atoms with Gasteiger partial charge in [-0.05, 0) is 38.5 Å². The fraction of sp³-hybridized carbons (Fsp3) is 0.600. The quantitative estimate of drug-likeness (QED) is 0.889. The monoisotopic (exact) mass is 266 g/mol. The van der Waals surface area contributed by atoms with E-state index in [-0.39, 0.29) is 6.10 Å². The van der Waals surface area contributed by atoms with E-state index in [1.165, 1.54) is 0 Å². The van der Waals surface area contributed by atoms with E-state index in [2.05, 4.69) is 0 Å². The molecule has 1 N–H and O–H groups in total. The predicted octanol–water partition coefficient (Wildman–Crippen LogP) is 2.48. The molecule has 1 aliphatic heterocycles. The third kappa shape index (κ3) is 2.69. The molecule has 0 spiro atoms. The van der Waals surface area contributed by atoms with Crippen LogP contribution in [0.4, 0.5) is 0 Å². The van der Waals surface area contributed by atoms with E-state index in [0.29, 0.717) is 37.7 Å². The normalized spacial score (nSPS) is 26.4. The zero-order valence-electron chi connectivity index (χ0n) is 11.8. The molecule has 0 aliphatic carbocycles. The molecule has 0 aromatic heterocycles. The van der Waals surface area contributed by atoms with Crippen molar-refractivity contribution in [3.63, 3.8) is 0 Å². The molecule has 2 unspecified atom stereocenters. The van der Waals surface area contributed by atoms with E-state index in [1.54, 1.807) is 0 Å². The molecule has 1 aliphatic rings. The number of rotatable bonds is 5. The molecule has 4 nitrogen and oxygen atoms in total. The Bertz CT molecular complexity index is 432. The number of hydrogen-bond donors (Lipinski definition) is 1. The van der Waals surface area contributed by atoms with Gasteiger partial charge in [-0.25, -0.2) is 0 Å². The highest BCUT2D eigenvalue weighted by Gasteiger charge is 2.41. The summed E-state index contributed by atoms with van der Waals surface area (Å²) in [7, 11) is 0. The minimum absolute atomic E-state index is 0.208. The van der Waals surface area contributed by atoms with Crippen molar-refractivity contribution in [2.24, 2.45) is 0 Å². The Morgan fingerprint density at radius 3 is 2.53 bits per heavy atom. The van der Waals surface area contributed by atoms with Gasteiger partial charge in [-0.15, -0.1) is 0 Å². The number of hydrogen-bond acceptors (Lipinski definition) is 4. The first-order chi connectivity index (χ1) is 9.11. The molecule has 0 saturated carbocycles. The smallest absolute Gasteiger partial charge is 0.161 e. The van der Waals surface area contributed by atoms with Crippen LogP contribution in [0.2, 0.25) is 0 Å². The van der Waals surface area contributed by atoms with Gasteiger partial charge in [0.2, 0.25) is 0 Å². The highest BCUT2D eigenvalue weighted by atomic mass is 16.5. The van der Waals surface area contributed by atoms with Crippen LogP contribution >= 0.6 is 0 Å². The van der Waals surface area contributed by atoms with E-state index >= 15 is 0 Å². The van der Waals surface area contributed by atoms with Crippen LogP contribution in [0.3, 0.4) is 0 Å². The summed E-state index contributed by atoms with van der Waals surface area (Å²) in [6.07, 6.45) is 0.396. The second-order valence-electron chi connectivity index (χ2n) is 4.71. The molecule has 1 aromatic carbocycles. The summed E-state index contributed by atoms with van der Waals surface area (Å²) >= 11 is 0. The van der Waals surface area contributed by atoms with Crippen molar-refractivity contribution in [1.82, 2.24) is 0 Å². The lowest BCUT2D eigenvalue weighted by molar-refractivity contribution is -0.0318. The molecule has 1 saturated heterocycles. The Kier molecular flexibility index (Phi) is 4.32. The summed E-state index contributed by atoms with van der Waals surface area (Å²) in [6.45, 7) is 7.48. The summed E-state index contributed by atoms with van der Waals surface area (Å²) in [6, 6.07) is 5.60. The van der Waals surface area contributed by atoms with Gasteiger partial charge in [-0.2, -0.15) is 0 Å². The van der Waals surface area contributed by atoms with E-state index in [4.69, 9.17) is 14.2 Å². The van der Waals surface area contributed by atoms with Crippen molar-refractivity contribution in [3.8, 4) is 11.5 Å².